The Morgan fingerprint density at radius 1 is 1.20 bits per heavy atom. The van der Waals surface area contributed by atoms with Crippen LogP contribution in [0.2, 0.25) is 0 Å². The first-order chi connectivity index (χ1) is 12.0. The van der Waals surface area contributed by atoms with Gasteiger partial charge in [-0.2, -0.15) is 0 Å². The Bertz CT molecular complexity index is 791. The van der Waals surface area contributed by atoms with Gasteiger partial charge >= 0.3 is 5.97 Å². The molecule has 1 aliphatic rings. The standard InChI is InChI=1S/C21H22O4/c1-3-24-20(22)13-21(2,23)18-12-17-11-16(9-10-19(17)25-14-18)15-7-5-4-6-8-15/h4-12,23H,3,13-14H2,1-2H3. The van der Waals surface area contributed by atoms with Crippen LogP contribution in [0.1, 0.15) is 25.8 Å². The maximum absolute atomic E-state index is 11.7. The SMILES string of the molecule is CCOC(=O)CC(C)(O)C1=Cc2cc(-c3ccccc3)ccc2OC1. The Kier molecular flexibility index (Phi) is 4.91. The molecule has 0 fully saturated rings. The molecule has 4 heteroatoms. The van der Waals surface area contributed by atoms with Crippen molar-refractivity contribution in [3.8, 4) is 16.9 Å². The van der Waals surface area contributed by atoms with Gasteiger partial charge < -0.3 is 14.6 Å². The van der Waals surface area contributed by atoms with Crippen LogP contribution in [0.4, 0.5) is 0 Å². The van der Waals surface area contributed by atoms with Crippen molar-refractivity contribution in [1.29, 1.82) is 0 Å². The van der Waals surface area contributed by atoms with Crippen LogP contribution in [0.15, 0.2) is 54.1 Å². The summed E-state index contributed by atoms with van der Waals surface area (Å²) in [6.07, 6.45) is 1.81. The van der Waals surface area contributed by atoms with Crippen LogP contribution in [-0.2, 0) is 9.53 Å². The maximum Gasteiger partial charge on any atom is 0.309 e. The van der Waals surface area contributed by atoms with Crippen LogP contribution in [0.5, 0.6) is 5.75 Å². The van der Waals surface area contributed by atoms with Gasteiger partial charge in [0.25, 0.3) is 0 Å². The zero-order valence-electron chi connectivity index (χ0n) is 14.5. The molecule has 130 valence electrons. The highest BCUT2D eigenvalue weighted by atomic mass is 16.5. The van der Waals surface area contributed by atoms with Gasteiger partial charge in [-0.25, -0.2) is 0 Å². The van der Waals surface area contributed by atoms with Crippen molar-refractivity contribution in [3.63, 3.8) is 0 Å². The minimum Gasteiger partial charge on any atom is -0.489 e. The number of hydrogen-bond donors (Lipinski definition) is 1. The number of benzene rings is 2. The highest BCUT2D eigenvalue weighted by Gasteiger charge is 2.32. The molecule has 0 saturated heterocycles. The van der Waals surface area contributed by atoms with Crippen LogP contribution >= 0.6 is 0 Å². The summed E-state index contributed by atoms with van der Waals surface area (Å²) in [6, 6.07) is 16.1. The lowest BCUT2D eigenvalue weighted by Gasteiger charge is -2.29. The fourth-order valence-electron chi connectivity index (χ4n) is 2.91. The topological polar surface area (TPSA) is 55.8 Å². The highest BCUT2D eigenvalue weighted by molar-refractivity contribution is 5.75. The Balaban J connectivity index is 1.89. The van der Waals surface area contributed by atoms with Crippen LogP contribution in [0, 0.1) is 0 Å². The van der Waals surface area contributed by atoms with Crippen molar-refractivity contribution in [2.75, 3.05) is 13.2 Å². The van der Waals surface area contributed by atoms with Crippen molar-refractivity contribution < 1.29 is 19.4 Å². The molecule has 25 heavy (non-hydrogen) atoms. The van der Waals surface area contributed by atoms with Gasteiger partial charge in [0.1, 0.15) is 12.4 Å². The van der Waals surface area contributed by atoms with Gasteiger partial charge in [0.15, 0.2) is 0 Å². The molecule has 4 nitrogen and oxygen atoms in total. The zero-order chi connectivity index (χ0) is 17.9. The Morgan fingerprint density at radius 2 is 1.96 bits per heavy atom. The molecule has 0 radical (unpaired) electrons. The molecule has 0 aromatic heterocycles. The lowest BCUT2D eigenvalue weighted by Crippen LogP contribution is -2.34. The molecule has 1 aliphatic heterocycles. The Morgan fingerprint density at radius 3 is 2.68 bits per heavy atom. The van der Waals surface area contributed by atoms with E-state index in [4.69, 9.17) is 9.47 Å². The molecule has 1 atom stereocenters. The third-order valence-electron chi connectivity index (χ3n) is 4.32. The third kappa shape index (κ3) is 3.91. The number of hydrogen-bond acceptors (Lipinski definition) is 4. The second kappa shape index (κ2) is 7.11. The molecule has 1 unspecified atom stereocenters. The summed E-state index contributed by atoms with van der Waals surface area (Å²) >= 11 is 0. The van der Waals surface area contributed by atoms with Gasteiger partial charge in [0.2, 0.25) is 0 Å². The average molecular weight is 338 g/mol. The highest BCUT2D eigenvalue weighted by Crippen LogP contribution is 2.35. The zero-order valence-corrected chi connectivity index (χ0v) is 14.5. The van der Waals surface area contributed by atoms with E-state index in [1.807, 2.05) is 54.6 Å². The van der Waals surface area contributed by atoms with Gasteiger partial charge in [0.05, 0.1) is 18.6 Å². The van der Waals surface area contributed by atoms with Crippen LogP contribution in [0.3, 0.4) is 0 Å². The van der Waals surface area contributed by atoms with Crippen molar-refractivity contribution in [3.05, 3.63) is 59.7 Å². The third-order valence-corrected chi connectivity index (χ3v) is 4.32. The van der Waals surface area contributed by atoms with E-state index < -0.39 is 11.6 Å². The van der Waals surface area contributed by atoms with Gasteiger partial charge in [0, 0.05) is 5.56 Å². The van der Waals surface area contributed by atoms with Crippen molar-refractivity contribution >= 4 is 12.0 Å². The summed E-state index contributed by atoms with van der Waals surface area (Å²) in [5.74, 6) is 0.354. The van der Waals surface area contributed by atoms with Crippen molar-refractivity contribution in [1.82, 2.24) is 0 Å². The maximum atomic E-state index is 11.7. The molecule has 0 bridgehead atoms. The number of ether oxygens (including phenoxy) is 2. The molecule has 1 N–H and O–H groups in total. The molecular weight excluding hydrogens is 316 g/mol. The monoisotopic (exact) mass is 338 g/mol. The summed E-state index contributed by atoms with van der Waals surface area (Å²) in [5, 5.41) is 10.7. The van der Waals surface area contributed by atoms with E-state index in [-0.39, 0.29) is 13.0 Å². The number of esters is 1. The molecule has 0 spiro atoms. The lowest BCUT2D eigenvalue weighted by molar-refractivity contribution is -0.147. The second-order valence-corrected chi connectivity index (χ2v) is 6.33. The average Bonchev–Trinajstić information content (AvgIpc) is 2.61. The van der Waals surface area contributed by atoms with E-state index in [0.717, 1.165) is 22.4 Å². The predicted octanol–water partition coefficient (Wildman–Crippen LogP) is 3.83. The van der Waals surface area contributed by atoms with E-state index >= 15 is 0 Å². The van der Waals surface area contributed by atoms with Gasteiger partial charge in [-0.3, -0.25) is 4.79 Å². The van der Waals surface area contributed by atoms with Gasteiger partial charge in [-0.15, -0.1) is 0 Å². The molecule has 0 amide bonds. The number of fused-ring (bicyclic) bond motifs is 1. The van der Waals surface area contributed by atoms with E-state index in [0.29, 0.717) is 12.2 Å². The molecule has 2 aromatic carbocycles. The van der Waals surface area contributed by atoms with E-state index in [1.165, 1.54) is 0 Å². The molecular formula is C21H22O4. The van der Waals surface area contributed by atoms with Crippen molar-refractivity contribution in [2.24, 2.45) is 0 Å². The van der Waals surface area contributed by atoms with Crippen LogP contribution in [0.25, 0.3) is 17.2 Å². The van der Waals surface area contributed by atoms with Crippen molar-refractivity contribution in [2.45, 2.75) is 25.9 Å². The summed E-state index contributed by atoms with van der Waals surface area (Å²) in [7, 11) is 0. The predicted molar refractivity (Wildman–Crippen MR) is 97.2 cm³/mol. The van der Waals surface area contributed by atoms with E-state index in [1.54, 1.807) is 13.8 Å². The summed E-state index contributed by atoms with van der Waals surface area (Å²) in [6.45, 7) is 3.92. The number of carbonyl (C=O) groups is 1. The fourth-order valence-corrected chi connectivity index (χ4v) is 2.91. The van der Waals surface area contributed by atoms with Gasteiger partial charge in [-0.05, 0) is 48.8 Å². The van der Waals surface area contributed by atoms with E-state index in [2.05, 4.69) is 0 Å². The smallest absolute Gasteiger partial charge is 0.309 e. The lowest BCUT2D eigenvalue weighted by atomic mass is 9.89. The Hall–Kier alpha value is -2.59. The molecule has 0 saturated carbocycles. The summed E-state index contributed by atoms with van der Waals surface area (Å²) in [5.41, 5.74) is 2.45. The second-order valence-electron chi connectivity index (χ2n) is 6.33. The van der Waals surface area contributed by atoms with Gasteiger partial charge in [-0.1, -0.05) is 36.4 Å². The number of aliphatic hydroxyl groups is 1. The Labute approximate surface area is 147 Å². The quantitative estimate of drug-likeness (QED) is 0.842. The first kappa shape index (κ1) is 17.2. The molecule has 0 aliphatic carbocycles. The minimum absolute atomic E-state index is 0.0935. The molecule has 2 aromatic rings. The summed E-state index contributed by atoms with van der Waals surface area (Å²) in [4.78, 5) is 11.7. The largest absolute Gasteiger partial charge is 0.489 e. The molecule has 1 heterocycles. The fraction of sp³-hybridized carbons (Fsp3) is 0.286. The molecule has 3 rings (SSSR count). The first-order valence-electron chi connectivity index (χ1n) is 8.41. The summed E-state index contributed by atoms with van der Waals surface area (Å²) < 4.78 is 10.7. The number of carbonyl (C=O) groups excluding carboxylic acids is 1. The number of rotatable bonds is 5. The first-order valence-corrected chi connectivity index (χ1v) is 8.41. The minimum atomic E-state index is -1.30. The normalized spacial score (nSPS) is 15.4. The van der Waals surface area contributed by atoms with Crippen LogP contribution < -0.4 is 4.74 Å². The van der Waals surface area contributed by atoms with Crippen LogP contribution in [-0.4, -0.2) is 29.9 Å². The van der Waals surface area contributed by atoms with E-state index in [9.17, 15) is 9.90 Å².